The van der Waals surface area contributed by atoms with Crippen LogP contribution < -0.4 is 10.6 Å². The average Bonchev–Trinajstić information content (AvgIpc) is 2.66. The van der Waals surface area contributed by atoms with E-state index in [2.05, 4.69) is 17.2 Å². The fourth-order valence-corrected chi connectivity index (χ4v) is 2.21. The number of non-ortho nitro benzene ring substituents is 1. The molecule has 0 radical (unpaired) electrons. The highest BCUT2D eigenvalue weighted by atomic mass is 16.6. The summed E-state index contributed by atoms with van der Waals surface area (Å²) in [6, 6.07) is 12.5. The molecule has 2 N–H and O–H groups in total. The van der Waals surface area contributed by atoms with Crippen LogP contribution in [0.4, 0.5) is 11.4 Å². The smallest absolute Gasteiger partial charge is 0.269 e. The van der Waals surface area contributed by atoms with Crippen LogP contribution in [-0.2, 0) is 4.79 Å². The summed E-state index contributed by atoms with van der Waals surface area (Å²) in [5, 5.41) is 16.5. The van der Waals surface area contributed by atoms with Gasteiger partial charge >= 0.3 is 0 Å². The van der Waals surface area contributed by atoms with Gasteiger partial charge in [-0.2, -0.15) is 0 Å². The van der Waals surface area contributed by atoms with Crippen LogP contribution in [0.2, 0.25) is 0 Å². The first-order valence-corrected chi connectivity index (χ1v) is 8.37. The largest absolute Gasteiger partial charge is 0.384 e. The Morgan fingerprint density at radius 2 is 1.63 bits per heavy atom. The molecule has 0 heterocycles. The first kappa shape index (κ1) is 19.8. The Hall–Kier alpha value is -3.48. The highest BCUT2D eigenvalue weighted by Crippen LogP contribution is 2.17. The summed E-state index contributed by atoms with van der Waals surface area (Å²) in [7, 11) is 0. The molecule has 7 heteroatoms. The Bertz CT molecular complexity index is 858. The molecular formula is C20H21N3O4. The van der Waals surface area contributed by atoms with Crippen LogP contribution in [0.5, 0.6) is 0 Å². The quantitative estimate of drug-likeness (QED) is 0.548. The summed E-state index contributed by atoms with van der Waals surface area (Å²) in [5.74, 6) is -0.341. The average molecular weight is 367 g/mol. The minimum Gasteiger partial charge on any atom is -0.384 e. The van der Waals surface area contributed by atoms with Crippen molar-refractivity contribution in [2.45, 2.75) is 13.8 Å². The van der Waals surface area contributed by atoms with Gasteiger partial charge in [0, 0.05) is 41.5 Å². The second-order valence-electron chi connectivity index (χ2n) is 6.21. The van der Waals surface area contributed by atoms with E-state index >= 15 is 0 Å². The molecule has 0 aliphatic rings. The molecule has 1 unspecified atom stereocenters. The number of nitrogens with zero attached hydrogens (tertiary/aromatic N) is 1. The van der Waals surface area contributed by atoms with Gasteiger partial charge in [-0.05, 0) is 36.8 Å². The zero-order valence-corrected chi connectivity index (χ0v) is 15.2. The van der Waals surface area contributed by atoms with Gasteiger partial charge in [-0.1, -0.05) is 25.6 Å². The molecule has 27 heavy (non-hydrogen) atoms. The van der Waals surface area contributed by atoms with E-state index in [1.807, 2.05) is 6.92 Å². The molecular weight excluding hydrogens is 346 g/mol. The summed E-state index contributed by atoms with van der Waals surface area (Å²) in [6.45, 7) is 7.86. The maximum absolute atomic E-state index is 12.2. The number of ketones is 1. The molecule has 2 aromatic rings. The van der Waals surface area contributed by atoms with Crippen molar-refractivity contribution < 1.29 is 14.5 Å². The molecule has 0 bridgehead atoms. The molecule has 0 saturated carbocycles. The maximum Gasteiger partial charge on any atom is 0.269 e. The first-order chi connectivity index (χ1) is 12.8. The van der Waals surface area contributed by atoms with Gasteiger partial charge in [-0.15, -0.1) is 0 Å². The predicted molar refractivity (Wildman–Crippen MR) is 104 cm³/mol. The van der Waals surface area contributed by atoms with Crippen molar-refractivity contribution in [3.63, 3.8) is 0 Å². The fraction of sp³-hybridized carbons (Fsp3) is 0.200. The summed E-state index contributed by atoms with van der Waals surface area (Å²) >= 11 is 0. The van der Waals surface area contributed by atoms with E-state index in [-0.39, 0.29) is 23.3 Å². The highest BCUT2D eigenvalue weighted by Gasteiger charge is 2.11. The molecule has 0 aliphatic carbocycles. The Kier molecular flexibility index (Phi) is 6.43. The highest BCUT2D eigenvalue weighted by molar-refractivity contribution is 6.04. The lowest BCUT2D eigenvalue weighted by Crippen LogP contribution is -2.23. The number of rotatable bonds is 8. The number of Topliss-reactive ketones (excluding diaryl/α,β-unsaturated/α-hetero) is 1. The molecule has 1 atom stereocenters. The van der Waals surface area contributed by atoms with Crippen molar-refractivity contribution in [2.75, 3.05) is 11.9 Å². The third kappa shape index (κ3) is 5.50. The van der Waals surface area contributed by atoms with Crippen molar-refractivity contribution in [2.24, 2.45) is 5.92 Å². The van der Waals surface area contributed by atoms with Gasteiger partial charge in [0.2, 0.25) is 0 Å². The zero-order chi connectivity index (χ0) is 20.0. The lowest BCUT2D eigenvalue weighted by Gasteiger charge is -2.13. The number of carbonyl (C=O) groups is 2. The van der Waals surface area contributed by atoms with Crippen molar-refractivity contribution in [3.8, 4) is 0 Å². The van der Waals surface area contributed by atoms with E-state index in [0.717, 1.165) is 5.56 Å². The van der Waals surface area contributed by atoms with Gasteiger partial charge in [0.25, 0.3) is 11.6 Å². The zero-order valence-electron chi connectivity index (χ0n) is 15.2. The van der Waals surface area contributed by atoms with Gasteiger partial charge in [0.1, 0.15) is 5.78 Å². The molecule has 0 aliphatic heterocycles. The van der Waals surface area contributed by atoms with Crippen molar-refractivity contribution >= 4 is 28.8 Å². The Morgan fingerprint density at radius 3 is 2.15 bits per heavy atom. The number of anilines is 1. The van der Waals surface area contributed by atoms with Gasteiger partial charge in [0.15, 0.2) is 0 Å². The standard InChI is InChI=1S/C20H21N3O4/c1-13(15(3)24)12-21-14(2)16-4-8-18(9-5-16)22-20(25)17-6-10-19(11-7-17)23(26)27/h4-11,13,21H,2,12H2,1,3H3,(H,22,25). The normalized spacial score (nSPS) is 11.3. The molecule has 2 aromatic carbocycles. The van der Waals surface area contributed by atoms with Crippen LogP contribution in [0.25, 0.3) is 5.70 Å². The fourth-order valence-electron chi connectivity index (χ4n) is 2.21. The second-order valence-corrected chi connectivity index (χ2v) is 6.21. The Labute approximate surface area is 157 Å². The van der Waals surface area contributed by atoms with E-state index in [4.69, 9.17) is 0 Å². The number of nitrogens with one attached hydrogen (secondary N) is 2. The summed E-state index contributed by atoms with van der Waals surface area (Å²) < 4.78 is 0. The van der Waals surface area contributed by atoms with Gasteiger partial charge in [-0.25, -0.2) is 0 Å². The summed E-state index contributed by atoms with van der Waals surface area (Å²) in [6.07, 6.45) is 0. The Balaban J connectivity index is 1.96. The van der Waals surface area contributed by atoms with E-state index in [1.165, 1.54) is 24.3 Å². The number of amides is 1. The van der Waals surface area contributed by atoms with Crippen LogP contribution in [0, 0.1) is 16.0 Å². The van der Waals surface area contributed by atoms with E-state index < -0.39 is 4.92 Å². The van der Waals surface area contributed by atoms with Crippen LogP contribution in [-0.4, -0.2) is 23.2 Å². The minimum absolute atomic E-state index is 0.0685. The molecule has 7 nitrogen and oxygen atoms in total. The van der Waals surface area contributed by atoms with Crippen molar-refractivity contribution in [1.82, 2.24) is 5.32 Å². The topological polar surface area (TPSA) is 101 Å². The predicted octanol–water partition coefficient (Wildman–Crippen LogP) is 3.63. The molecule has 0 saturated heterocycles. The van der Waals surface area contributed by atoms with Gasteiger partial charge in [-0.3, -0.25) is 19.7 Å². The summed E-state index contributed by atoms with van der Waals surface area (Å²) in [4.78, 5) is 33.6. The van der Waals surface area contributed by atoms with Gasteiger partial charge in [0.05, 0.1) is 4.92 Å². The number of hydrogen-bond donors (Lipinski definition) is 2. The van der Waals surface area contributed by atoms with E-state index in [9.17, 15) is 19.7 Å². The summed E-state index contributed by atoms with van der Waals surface area (Å²) in [5.41, 5.74) is 2.39. The molecule has 0 fully saturated rings. The van der Waals surface area contributed by atoms with Crippen LogP contribution in [0.15, 0.2) is 55.1 Å². The first-order valence-electron chi connectivity index (χ1n) is 8.37. The number of benzene rings is 2. The minimum atomic E-state index is -0.515. The van der Waals surface area contributed by atoms with Gasteiger partial charge < -0.3 is 10.6 Å². The van der Waals surface area contributed by atoms with Crippen molar-refractivity contribution in [1.29, 1.82) is 0 Å². The lowest BCUT2D eigenvalue weighted by molar-refractivity contribution is -0.384. The number of carbonyl (C=O) groups excluding carboxylic acids is 2. The SMILES string of the molecule is C=C(NCC(C)C(C)=O)c1ccc(NC(=O)c2ccc([N+](=O)[O-])cc2)cc1. The molecule has 0 aromatic heterocycles. The third-order valence-electron chi connectivity index (χ3n) is 4.15. The number of nitro groups is 1. The lowest BCUT2D eigenvalue weighted by atomic mass is 10.1. The molecule has 1 amide bonds. The van der Waals surface area contributed by atoms with Crippen molar-refractivity contribution in [3.05, 3.63) is 76.4 Å². The van der Waals surface area contributed by atoms with E-state index in [1.54, 1.807) is 31.2 Å². The second kappa shape index (κ2) is 8.75. The van der Waals surface area contributed by atoms with E-state index in [0.29, 0.717) is 23.5 Å². The number of nitro benzene ring substituents is 1. The van der Waals surface area contributed by atoms with Crippen LogP contribution in [0.1, 0.15) is 29.8 Å². The third-order valence-corrected chi connectivity index (χ3v) is 4.15. The number of hydrogen-bond acceptors (Lipinski definition) is 5. The molecule has 0 spiro atoms. The molecule has 2 rings (SSSR count). The van der Waals surface area contributed by atoms with Crippen LogP contribution >= 0.6 is 0 Å². The van der Waals surface area contributed by atoms with Crippen LogP contribution in [0.3, 0.4) is 0 Å². The monoisotopic (exact) mass is 367 g/mol. The Morgan fingerprint density at radius 1 is 1.07 bits per heavy atom. The maximum atomic E-state index is 12.2. The molecule has 140 valence electrons.